The van der Waals surface area contributed by atoms with Crippen molar-refractivity contribution in [2.45, 2.75) is 19.9 Å². The van der Waals surface area contributed by atoms with E-state index < -0.39 is 0 Å². The second-order valence-electron chi connectivity index (χ2n) is 5.47. The van der Waals surface area contributed by atoms with Crippen LogP contribution >= 0.6 is 0 Å². The van der Waals surface area contributed by atoms with Crippen LogP contribution in [0, 0.1) is 6.92 Å². The summed E-state index contributed by atoms with van der Waals surface area (Å²) in [6, 6.07) is 10.9. The molecule has 0 radical (unpaired) electrons. The molecule has 0 bridgehead atoms. The average Bonchev–Trinajstić information content (AvgIpc) is 2.48. The van der Waals surface area contributed by atoms with Gasteiger partial charge in [-0.05, 0) is 48.2 Å². The van der Waals surface area contributed by atoms with E-state index in [1.807, 2.05) is 25.1 Å². The summed E-state index contributed by atoms with van der Waals surface area (Å²) in [5, 5.41) is 9.59. The number of hydrogen-bond acceptors (Lipinski definition) is 3. The molecule has 1 aliphatic heterocycles. The Kier molecular flexibility index (Phi) is 3.29. The number of rotatable bonds is 1. The minimum atomic E-state index is -0.0507. The van der Waals surface area contributed by atoms with Gasteiger partial charge in [-0.1, -0.05) is 18.2 Å². The first-order valence-electron chi connectivity index (χ1n) is 7.01. The SMILES string of the molecule is Cc1cccc(C(=O)N2CCc3ccc(O)cc3C2)c1N. The number of para-hydroxylation sites is 1. The Morgan fingerprint density at radius 3 is 2.86 bits per heavy atom. The van der Waals surface area contributed by atoms with E-state index >= 15 is 0 Å². The lowest BCUT2D eigenvalue weighted by molar-refractivity contribution is 0.0735. The highest BCUT2D eigenvalue weighted by Gasteiger charge is 2.23. The third-order valence-corrected chi connectivity index (χ3v) is 4.04. The van der Waals surface area contributed by atoms with Gasteiger partial charge in [0.05, 0.1) is 5.56 Å². The van der Waals surface area contributed by atoms with E-state index in [9.17, 15) is 9.90 Å². The topological polar surface area (TPSA) is 66.6 Å². The Morgan fingerprint density at radius 1 is 1.24 bits per heavy atom. The Morgan fingerprint density at radius 2 is 2.05 bits per heavy atom. The van der Waals surface area contributed by atoms with Gasteiger partial charge in [0, 0.05) is 18.8 Å². The molecule has 3 rings (SSSR count). The molecular formula is C17H18N2O2. The fraction of sp³-hybridized carbons (Fsp3) is 0.235. The van der Waals surface area contributed by atoms with Gasteiger partial charge in [-0.15, -0.1) is 0 Å². The number of fused-ring (bicyclic) bond motifs is 1. The van der Waals surface area contributed by atoms with Crippen molar-refractivity contribution in [3.63, 3.8) is 0 Å². The van der Waals surface area contributed by atoms with Crippen molar-refractivity contribution in [1.82, 2.24) is 4.90 Å². The van der Waals surface area contributed by atoms with Gasteiger partial charge in [0.15, 0.2) is 0 Å². The van der Waals surface area contributed by atoms with E-state index in [1.54, 1.807) is 23.1 Å². The Labute approximate surface area is 123 Å². The van der Waals surface area contributed by atoms with E-state index in [1.165, 1.54) is 5.56 Å². The van der Waals surface area contributed by atoms with Crippen molar-refractivity contribution < 1.29 is 9.90 Å². The van der Waals surface area contributed by atoms with Crippen LogP contribution in [0.15, 0.2) is 36.4 Å². The summed E-state index contributed by atoms with van der Waals surface area (Å²) in [4.78, 5) is 14.4. The molecule has 0 atom stereocenters. The van der Waals surface area contributed by atoms with E-state index in [4.69, 9.17) is 5.73 Å². The third-order valence-electron chi connectivity index (χ3n) is 4.04. The molecule has 0 fully saturated rings. The molecule has 108 valence electrons. The molecule has 0 saturated carbocycles. The number of nitrogens with zero attached hydrogens (tertiary/aromatic N) is 1. The number of hydrogen-bond donors (Lipinski definition) is 2. The predicted octanol–water partition coefficient (Wildman–Crippen LogP) is 2.48. The fourth-order valence-corrected chi connectivity index (χ4v) is 2.75. The number of aromatic hydroxyl groups is 1. The van der Waals surface area contributed by atoms with Crippen LogP contribution in [-0.2, 0) is 13.0 Å². The summed E-state index contributed by atoms with van der Waals surface area (Å²) in [5.74, 6) is 0.184. The maximum atomic E-state index is 12.7. The van der Waals surface area contributed by atoms with Gasteiger partial charge in [-0.2, -0.15) is 0 Å². The molecule has 4 nitrogen and oxygen atoms in total. The molecule has 0 spiro atoms. The quantitative estimate of drug-likeness (QED) is 0.790. The summed E-state index contributed by atoms with van der Waals surface area (Å²) >= 11 is 0. The minimum absolute atomic E-state index is 0.0507. The molecule has 1 heterocycles. The number of phenolic OH excluding ortho intramolecular Hbond substituents is 1. The number of anilines is 1. The number of amides is 1. The van der Waals surface area contributed by atoms with Crippen LogP contribution in [0.1, 0.15) is 27.0 Å². The van der Waals surface area contributed by atoms with Crippen LogP contribution in [0.25, 0.3) is 0 Å². The van der Waals surface area contributed by atoms with E-state index in [-0.39, 0.29) is 11.7 Å². The first-order chi connectivity index (χ1) is 10.1. The first-order valence-corrected chi connectivity index (χ1v) is 7.01. The summed E-state index contributed by atoms with van der Waals surface area (Å²) in [7, 11) is 0. The lowest BCUT2D eigenvalue weighted by Crippen LogP contribution is -2.36. The van der Waals surface area contributed by atoms with Crippen molar-refractivity contribution in [3.05, 3.63) is 58.7 Å². The highest BCUT2D eigenvalue weighted by molar-refractivity contribution is 5.99. The number of carbonyl (C=O) groups is 1. The predicted molar refractivity (Wildman–Crippen MR) is 82.1 cm³/mol. The second-order valence-corrected chi connectivity index (χ2v) is 5.47. The zero-order chi connectivity index (χ0) is 15.0. The monoisotopic (exact) mass is 282 g/mol. The smallest absolute Gasteiger partial charge is 0.256 e. The number of phenols is 1. The van der Waals surface area contributed by atoms with Crippen LogP contribution in [0.5, 0.6) is 5.75 Å². The third kappa shape index (κ3) is 2.44. The van der Waals surface area contributed by atoms with Gasteiger partial charge in [-0.3, -0.25) is 4.79 Å². The fourth-order valence-electron chi connectivity index (χ4n) is 2.75. The van der Waals surface area contributed by atoms with Gasteiger partial charge in [-0.25, -0.2) is 0 Å². The van der Waals surface area contributed by atoms with Gasteiger partial charge in [0.25, 0.3) is 5.91 Å². The standard InChI is InChI=1S/C17H18N2O2/c1-11-3-2-4-15(16(11)18)17(21)19-8-7-12-5-6-14(20)9-13(12)10-19/h2-6,9,20H,7-8,10,18H2,1H3. The van der Waals surface area contributed by atoms with Crippen LogP contribution in [-0.4, -0.2) is 22.5 Å². The van der Waals surface area contributed by atoms with Crippen molar-refractivity contribution in [2.75, 3.05) is 12.3 Å². The van der Waals surface area contributed by atoms with Crippen molar-refractivity contribution in [3.8, 4) is 5.75 Å². The van der Waals surface area contributed by atoms with Crippen molar-refractivity contribution >= 4 is 11.6 Å². The van der Waals surface area contributed by atoms with Gasteiger partial charge >= 0.3 is 0 Å². The van der Waals surface area contributed by atoms with Crippen molar-refractivity contribution in [2.24, 2.45) is 0 Å². The molecule has 21 heavy (non-hydrogen) atoms. The maximum Gasteiger partial charge on any atom is 0.256 e. The lowest BCUT2D eigenvalue weighted by Gasteiger charge is -2.29. The Bertz CT molecular complexity index is 710. The van der Waals surface area contributed by atoms with Gasteiger partial charge in [0.2, 0.25) is 0 Å². The van der Waals surface area contributed by atoms with Crippen molar-refractivity contribution in [1.29, 1.82) is 0 Å². The van der Waals surface area contributed by atoms with E-state index in [0.29, 0.717) is 24.3 Å². The van der Waals surface area contributed by atoms with Crippen LogP contribution in [0.2, 0.25) is 0 Å². The van der Waals surface area contributed by atoms with E-state index in [2.05, 4.69) is 0 Å². The normalized spacial score (nSPS) is 13.9. The zero-order valence-electron chi connectivity index (χ0n) is 12.0. The number of benzene rings is 2. The molecular weight excluding hydrogens is 264 g/mol. The molecule has 1 amide bonds. The summed E-state index contributed by atoms with van der Waals surface area (Å²) in [6.07, 6.45) is 0.799. The number of carbonyl (C=O) groups excluding carboxylic acids is 1. The average molecular weight is 282 g/mol. The van der Waals surface area contributed by atoms with E-state index in [0.717, 1.165) is 17.5 Å². The molecule has 3 N–H and O–H groups in total. The Balaban J connectivity index is 1.89. The summed E-state index contributed by atoms with van der Waals surface area (Å²) < 4.78 is 0. The van der Waals surface area contributed by atoms with Crippen LogP contribution in [0.4, 0.5) is 5.69 Å². The molecule has 2 aromatic rings. The minimum Gasteiger partial charge on any atom is -0.508 e. The number of aryl methyl sites for hydroxylation is 1. The second kappa shape index (κ2) is 5.13. The molecule has 2 aromatic carbocycles. The highest BCUT2D eigenvalue weighted by atomic mass is 16.3. The summed E-state index contributed by atoms with van der Waals surface area (Å²) in [6.45, 7) is 3.08. The number of nitrogens with two attached hydrogens (primary N) is 1. The molecule has 0 aromatic heterocycles. The zero-order valence-corrected chi connectivity index (χ0v) is 12.0. The number of nitrogen functional groups attached to an aromatic ring is 1. The molecule has 4 heteroatoms. The highest BCUT2D eigenvalue weighted by Crippen LogP contribution is 2.26. The summed E-state index contributed by atoms with van der Waals surface area (Å²) in [5.41, 5.74) is 10.2. The molecule has 0 unspecified atom stereocenters. The lowest BCUT2D eigenvalue weighted by atomic mass is 9.98. The van der Waals surface area contributed by atoms with Gasteiger partial charge in [0.1, 0.15) is 5.75 Å². The Hall–Kier alpha value is -2.49. The van der Waals surface area contributed by atoms with Crippen LogP contribution in [0.3, 0.4) is 0 Å². The largest absolute Gasteiger partial charge is 0.508 e. The molecule has 0 aliphatic carbocycles. The van der Waals surface area contributed by atoms with Crippen LogP contribution < -0.4 is 5.73 Å². The molecule has 1 aliphatic rings. The molecule has 0 saturated heterocycles. The maximum absolute atomic E-state index is 12.7. The first kappa shape index (κ1) is 13.5. The van der Waals surface area contributed by atoms with Gasteiger partial charge < -0.3 is 15.7 Å².